The normalized spacial score (nSPS) is 10.7. The summed E-state index contributed by atoms with van der Waals surface area (Å²) in [6.07, 6.45) is 1.17. The van der Waals surface area contributed by atoms with Gasteiger partial charge < -0.3 is 15.4 Å². The summed E-state index contributed by atoms with van der Waals surface area (Å²) in [7, 11) is 1.46. The standard InChI is InChI=1S/C17H12Cl2N4O4/c1-27-16-5-2-11(18)6-14(16)21-9-10(8-20)17(24)22-12-3-4-13(19)15(7-12)23(25)26/h2-7,9,21H,1H3,(H,22,24)/b10-9-. The number of nitriles is 1. The van der Waals surface area contributed by atoms with Crippen LogP contribution in [0.3, 0.4) is 0 Å². The molecule has 0 radical (unpaired) electrons. The minimum atomic E-state index is -0.761. The number of ether oxygens (including phenoxy) is 1. The number of hydrogen-bond donors (Lipinski definition) is 2. The van der Waals surface area contributed by atoms with E-state index in [1.165, 1.54) is 25.4 Å². The highest BCUT2D eigenvalue weighted by molar-refractivity contribution is 6.32. The Hall–Kier alpha value is -3.28. The molecule has 27 heavy (non-hydrogen) atoms. The quantitative estimate of drug-likeness (QED) is 0.318. The van der Waals surface area contributed by atoms with Crippen LogP contribution >= 0.6 is 23.2 Å². The monoisotopic (exact) mass is 406 g/mol. The van der Waals surface area contributed by atoms with Crippen LogP contribution in [0.4, 0.5) is 17.1 Å². The molecule has 0 heterocycles. The topological polar surface area (TPSA) is 117 Å². The highest BCUT2D eigenvalue weighted by atomic mass is 35.5. The Bertz CT molecular complexity index is 970. The molecule has 0 aromatic heterocycles. The van der Waals surface area contributed by atoms with E-state index in [2.05, 4.69) is 10.6 Å². The maximum absolute atomic E-state index is 12.3. The zero-order chi connectivity index (χ0) is 20.0. The van der Waals surface area contributed by atoms with E-state index >= 15 is 0 Å². The summed E-state index contributed by atoms with van der Waals surface area (Å²) in [5.41, 5.74) is -0.0568. The molecule has 138 valence electrons. The fraction of sp³-hybridized carbons (Fsp3) is 0.0588. The molecule has 0 bridgehead atoms. The SMILES string of the molecule is COc1ccc(Cl)cc1N/C=C(/C#N)C(=O)Nc1ccc(Cl)c([N+](=O)[O-])c1. The van der Waals surface area contributed by atoms with Crippen LogP contribution in [0.1, 0.15) is 0 Å². The fourth-order valence-electron chi connectivity index (χ4n) is 2.02. The molecular weight excluding hydrogens is 395 g/mol. The van der Waals surface area contributed by atoms with Gasteiger partial charge in [-0.2, -0.15) is 5.26 Å². The lowest BCUT2D eigenvalue weighted by Gasteiger charge is -2.09. The van der Waals surface area contributed by atoms with Crippen LogP contribution in [0.5, 0.6) is 5.75 Å². The number of anilines is 2. The van der Waals surface area contributed by atoms with Gasteiger partial charge in [-0.1, -0.05) is 23.2 Å². The molecule has 1 amide bonds. The van der Waals surface area contributed by atoms with E-state index in [4.69, 9.17) is 27.9 Å². The van der Waals surface area contributed by atoms with Crippen molar-refractivity contribution in [1.82, 2.24) is 0 Å². The van der Waals surface area contributed by atoms with Gasteiger partial charge in [-0.25, -0.2) is 0 Å². The summed E-state index contributed by atoms with van der Waals surface area (Å²) in [5, 5.41) is 25.7. The molecule has 0 unspecified atom stereocenters. The number of carbonyl (C=O) groups excluding carboxylic acids is 1. The highest BCUT2D eigenvalue weighted by Crippen LogP contribution is 2.29. The predicted molar refractivity (Wildman–Crippen MR) is 102 cm³/mol. The molecule has 0 spiro atoms. The van der Waals surface area contributed by atoms with Crippen molar-refractivity contribution >= 4 is 46.2 Å². The van der Waals surface area contributed by atoms with Crippen LogP contribution < -0.4 is 15.4 Å². The number of benzene rings is 2. The zero-order valence-electron chi connectivity index (χ0n) is 13.8. The third-order valence-electron chi connectivity index (χ3n) is 3.30. The van der Waals surface area contributed by atoms with Crippen molar-refractivity contribution in [3.05, 3.63) is 68.3 Å². The average Bonchev–Trinajstić information content (AvgIpc) is 2.63. The summed E-state index contributed by atoms with van der Waals surface area (Å²) < 4.78 is 5.16. The van der Waals surface area contributed by atoms with Crippen LogP contribution in [0, 0.1) is 21.4 Å². The third-order valence-corrected chi connectivity index (χ3v) is 3.85. The molecule has 0 fully saturated rings. The van der Waals surface area contributed by atoms with Gasteiger partial charge >= 0.3 is 0 Å². The summed E-state index contributed by atoms with van der Waals surface area (Å²) in [5.74, 6) is -0.302. The highest BCUT2D eigenvalue weighted by Gasteiger charge is 2.16. The van der Waals surface area contributed by atoms with Gasteiger partial charge in [0, 0.05) is 23.0 Å². The lowest BCUT2D eigenvalue weighted by molar-refractivity contribution is -0.384. The molecule has 8 nitrogen and oxygen atoms in total. The maximum Gasteiger partial charge on any atom is 0.289 e. The molecule has 0 aliphatic heterocycles. The minimum absolute atomic E-state index is 0.0660. The van der Waals surface area contributed by atoms with Gasteiger partial charge in [-0.15, -0.1) is 0 Å². The van der Waals surface area contributed by atoms with Crippen molar-refractivity contribution < 1.29 is 14.5 Å². The average molecular weight is 407 g/mol. The number of amides is 1. The molecule has 10 heteroatoms. The molecular formula is C17H12Cl2N4O4. The number of halogens is 2. The lowest BCUT2D eigenvalue weighted by atomic mass is 10.2. The Morgan fingerprint density at radius 1 is 1.30 bits per heavy atom. The van der Waals surface area contributed by atoms with Crippen molar-refractivity contribution in [2.45, 2.75) is 0 Å². The van der Waals surface area contributed by atoms with Crippen molar-refractivity contribution in [2.75, 3.05) is 17.7 Å². The van der Waals surface area contributed by atoms with Gasteiger partial charge in [-0.3, -0.25) is 14.9 Å². The van der Waals surface area contributed by atoms with Gasteiger partial charge in [0.2, 0.25) is 0 Å². The first-order valence-corrected chi connectivity index (χ1v) is 8.07. The molecule has 0 aliphatic carbocycles. The Balaban J connectivity index is 2.20. The van der Waals surface area contributed by atoms with E-state index in [1.54, 1.807) is 24.3 Å². The first-order chi connectivity index (χ1) is 12.8. The first-order valence-electron chi connectivity index (χ1n) is 7.31. The molecule has 0 aliphatic rings. The van der Waals surface area contributed by atoms with Crippen LogP contribution in [0.15, 0.2) is 48.2 Å². The lowest BCUT2D eigenvalue weighted by Crippen LogP contribution is -2.14. The van der Waals surface area contributed by atoms with E-state index in [-0.39, 0.29) is 22.0 Å². The van der Waals surface area contributed by atoms with Crippen molar-refractivity contribution in [3.63, 3.8) is 0 Å². The van der Waals surface area contributed by atoms with Gasteiger partial charge in [0.25, 0.3) is 11.6 Å². The summed E-state index contributed by atoms with van der Waals surface area (Å²) >= 11 is 11.6. The summed E-state index contributed by atoms with van der Waals surface area (Å²) in [6.45, 7) is 0. The summed E-state index contributed by atoms with van der Waals surface area (Å²) in [4.78, 5) is 22.5. The second-order valence-corrected chi connectivity index (χ2v) is 5.88. The van der Waals surface area contributed by atoms with Crippen molar-refractivity contribution in [3.8, 4) is 11.8 Å². The van der Waals surface area contributed by atoms with Crippen molar-refractivity contribution in [1.29, 1.82) is 5.26 Å². The first kappa shape index (κ1) is 20.0. The number of hydrogen-bond acceptors (Lipinski definition) is 6. The van der Waals surface area contributed by atoms with E-state index in [0.29, 0.717) is 16.5 Å². The minimum Gasteiger partial charge on any atom is -0.495 e. The largest absolute Gasteiger partial charge is 0.495 e. The number of nitro groups is 1. The fourth-order valence-corrected chi connectivity index (χ4v) is 2.38. The van der Waals surface area contributed by atoms with E-state index in [1.807, 2.05) is 0 Å². The Kier molecular flexibility index (Phi) is 6.60. The third kappa shape index (κ3) is 5.10. The molecule has 0 atom stereocenters. The second kappa shape index (κ2) is 8.89. The Morgan fingerprint density at radius 2 is 2.04 bits per heavy atom. The van der Waals surface area contributed by atoms with Gasteiger partial charge in [0.05, 0.1) is 17.7 Å². The van der Waals surface area contributed by atoms with Crippen molar-refractivity contribution in [2.24, 2.45) is 0 Å². The Morgan fingerprint density at radius 3 is 2.67 bits per heavy atom. The maximum atomic E-state index is 12.3. The number of rotatable bonds is 6. The second-order valence-electron chi connectivity index (χ2n) is 5.04. The van der Waals surface area contributed by atoms with Gasteiger partial charge in [-0.05, 0) is 30.3 Å². The van der Waals surface area contributed by atoms with Gasteiger partial charge in [0.1, 0.15) is 22.4 Å². The number of nitrogens with one attached hydrogen (secondary N) is 2. The van der Waals surface area contributed by atoms with Crippen LogP contribution in [-0.2, 0) is 4.79 Å². The number of methoxy groups -OCH3 is 1. The molecule has 2 N–H and O–H groups in total. The number of carbonyl (C=O) groups is 1. The van der Waals surface area contributed by atoms with Crippen LogP contribution in [0.2, 0.25) is 10.0 Å². The van der Waals surface area contributed by atoms with E-state index in [0.717, 1.165) is 6.07 Å². The number of nitrogens with zero attached hydrogens (tertiary/aromatic N) is 2. The molecule has 2 aromatic rings. The van der Waals surface area contributed by atoms with Crippen LogP contribution in [-0.4, -0.2) is 17.9 Å². The Labute approximate surface area is 164 Å². The molecule has 2 rings (SSSR count). The van der Waals surface area contributed by atoms with E-state index < -0.39 is 10.8 Å². The molecule has 0 saturated heterocycles. The zero-order valence-corrected chi connectivity index (χ0v) is 15.3. The predicted octanol–water partition coefficient (Wildman–Crippen LogP) is 4.37. The molecule has 0 saturated carbocycles. The van der Waals surface area contributed by atoms with Gasteiger partial charge in [0.15, 0.2) is 0 Å². The summed E-state index contributed by atoms with van der Waals surface area (Å²) in [6, 6.07) is 10.3. The number of nitro benzene ring substituents is 1. The van der Waals surface area contributed by atoms with E-state index in [9.17, 15) is 20.2 Å². The van der Waals surface area contributed by atoms with Crippen LogP contribution in [0.25, 0.3) is 0 Å². The molecule has 2 aromatic carbocycles. The smallest absolute Gasteiger partial charge is 0.289 e.